The second-order valence-electron chi connectivity index (χ2n) is 3.97. The van der Waals surface area contributed by atoms with Crippen LogP contribution >= 0.6 is 12.4 Å². The van der Waals surface area contributed by atoms with Crippen molar-refractivity contribution in [3.63, 3.8) is 0 Å². The maximum atomic E-state index is 5.89. The molecule has 0 aliphatic carbocycles. The first-order valence-electron chi connectivity index (χ1n) is 5.98. The molecule has 0 saturated carbocycles. The summed E-state index contributed by atoms with van der Waals surface area (Å²) in [5.41, 5.74) is 0. The van der Waals surface area contributed by atoms with Gasteiger partial charge in [-0.1, -0.05) is 0 Å². The van der Waals surface area contributed by atoms with Crippen LogP contribution in [0.1, 0.15) is 19.8 Å². The Bertz CT molecular complexity index is 310. The van der Waals surface area contributed by atoms with Crippen molar-refractivity contribution in [3.8, 4) is 11.5 Å². The van der Waals surface area contributed by atoms with Crippen LogP contribution in [-0.2, 0) is 0 Å². The van der Waals surface area contributed by atoms with E-state index in [9.17, 15) is 0 Å². The van der Waals surface area contributed by atoms with Gasteiger partial charge in [-0.05, 0) is 57.1 Å². The molecule has 96 valence electrons. The summed E-state index contributed by atoms with van der Waals surface area (Å²) in [6.45, 7) is 4.80. The molecular formula is C13H20ClNO2. The SMILES string of the molecule is CCOc1ccc(OC2CCNCC2)cc1.Cl. The summed E-state index contributed by atoms with van der Waals surface area (Å²) < 4.78 is 11.3. The highest BCUT2D eigenvalue weighted by Gasteiger charge is 2.14. The Hall–Kier alpha value is -0.930. The normalized spacial score (nSPS) is 16.1. The topological polar surface area (TPSA) is 30.5 Å². The molecule has 0 atom stereocenters. The van der Waals surface area contributed by atoms with Crippen LogP contribution in [0.25, 0.3) is 0 Å². The molecule has 17 heavy (non-hydrogen) atoms. The van der Waals surface area contributed by atoms with Crippen molar-refractivity contribution in [2.75, 3.05) is 19.7 Å². The van der Waals surface area contributed by atoms with Crippen LogP contribution < -0.4 is 14.8 Å². The predicted molar refractivity (Wildman–Crippen MR) is 71.4 cm³/mol. The van der Waals surface area contributed by atoms with Crippen molar-refractivity contribution in [3.05, 3.63) is 24.3 Å². The molecule has 0 unspecified atom stereocenters. The Labute approximate surface area is 109 Å². The molecular weight excluding hydrogens is 238 g/mol. The van der Waals surface area contributed by atoms with E-state index in [2.05, 4.69) is 5.32 Å². The number of rotatable bonds is 4. The van der Waals surface area contributed by atoms with Crippen molar-refractivity contribution in [1.82, 2.24) is 5.32 Å². The van der Waals surface area contributed by atoms with Gasteiger partial charge in [0.25, 0.3) is 0 Å². The molecule has 0 amide bonds. The molecule has 4 heteroatoms. The second kappa shape index (κ2) is 7.41. The molecule has 2 rings (SSSR count). The molecule has 0 bridgehead atoms. The number of hydrogen-bond donors (Lipinski definition) is 1. The van der Waals surface area contributed by atoms with E-state index >= 15 is 0 Å². The maximum absolute atomic E-state index is 5.89. The lowest BCUT2D eigenvalue weighted by Gasteiger charge is -2.23. The fourth-order valence-corrected chi connectivity index (χ4v) is 1.89. The van der Waals surface area contributed by atoms with Gasteiger partial charge in [-0.2, -0.15) is 0 Å². The van der Waals surface area contributed by atoms with E-state index in [0.29, 0.717) is 12.7 Å². The lowest BCUT2D eigenvalue weighted by molar-refractivity contribution is 0.162. The fraction of sp³-hybridized carbons (Fsp3) is 0.538. The average Bonchev–Trinajstić information content (AvgIpc) is 2.33. The predicted octanol–water partition coefficient (Wildman–Crippen LogP) is 2.64. The van der Waals surface area contributed by atoms with Gasteiger partial charge in [0.1, 0.15) is 17.6 Å². The Morgan fingerprint density at radius 2 is 1.71 bits per heavy atom. The molecule has 1 aliphatic rings. The molecule has 1 aromatic carbocycles. The summed E-state index contributed by atoms with van der Waals surface area (Å²) in [6.07, 6.45) is 2.54. The zero-order valence-electron chi connectivity index (χ0n) is 10.1. The Morgan fingerprint density at radius 1 is 1.12 bits per heavy atom. The quantitative estimate of drug-likeness (QED) is 0.900. The zero-order chi connectivity index (χ0) is 11.2. The number of ether oxygens (including phenoxy) is 2. The largest absolute Gasteiger partial charge is 0.494 e. The van der Waals surface area contributed by atoms with Crippen LogP contribution in [0.5, 0.6) is 11.5 Å². The number of halogens is 1. The summed E-state index contributed by atoms with van der Waals surface area (Å²) in [5, 5.41) is 3.33. The summed E-state index contributed by atoms with van der Waals surface area (Å²) in [5.74, 6) is 1.84. The van der Waals surface area contributed by atoms with Gasteiger partial charge in [0.2, 0.25) is 0 Å². The lowest BCUT2D eigenvalue weighted by atomic mass is 10.1. The Morgan fingerprint density at radius 3 is 2.29 bits per heavy atom. The minimum absolute atomic E-state index is 0. The third-order valence-corrected chi connectivity index (χ3v) is 2.72. The molecule has 1 aliphatic heterocycles. The molecule has 1 fully saturated rings. The molecule has 0 radical (unpaired) electrons. The van der Waals surface area contributed by atoms with Gasteiger partial charge in [-0.25, -0.2) is 0 Å². The molecule has 1 saturated heterocycles. The van der Waals surface area contributed by atoms with Crippen molar-refractivity contribution in [2.24, 2.45) is 0 Å². The fourth-order valence-electron chi connectivity index (χ4n) is 1.89. The van der Waals surface area contributed by atoms with Crippen LogP contribution in [-0.4, -0.2) is 25.8 Å². The van der Waals surface area contributed by atoms with Crippen molar-refractivity contribution < 1.29 is 9.47 Å². The number of piperidine rings is 1. The first kappa shape index (κ1) is 14.1. The van der Waals surface area contributed by atoms with Gasteiger partial charge >= 0.3 is 0 Å². The lowest BCUT2D eigenvalue weighted by Crippen LogP contribution is -2.34. The van der Waals surface area contributed by atoms with Gasteiger partial charge < -0.3 is 14.8 Å². The maximum Gasteiger partial charge on any atom is 0.119 e. The van der Waals surface area contributed by atoms with Crippen LogP contribution in [0.15, 0.2) is 24.3 Å². The van der Waals surface area contributed by atoms with Crippen LogP contribution in [0, 0.1) is 0 Å². The highest BCUT2D eigenvalue weighted by atomic mass is 35.5. The highest BCUT2D eigenvalue weighted by molar-refractivity contribution is 5.85. The van der Waals surface area contributed by atoms with E-state index in [4.69, 9.17) is 9.47 Å². The van der Waals surface area contributed by atoms with Gasteiger partial charge in [0, 0.05) is 0 Å². The van der Waals surface area contributed by atoms with Gasteiger partial charge in [0.05, 0.1) is 6.61 Å². The number of nitrogens with one attached hydrogen (secondary N) is 1. The van der Waals surface area contributed by atoms with Crippen molar-refractivity contribution >= 4 is 12.4 Å². The molecule has 0 aromatic heterocycles. The summed E-state index contributed by atoms with van der Waals surface area (Å²) in [6, 6.07) is 7.87. The monoisotopic (exact) mass is 257 g/mol. The van der Waals surface area contributed by atoms with Crippen LogP contribution in [0.4, 0.5) is 0 Å². The number of benzene rings is 1. The average molecular weight is 258 g/mol. The second-order valence-corrected chi connectivity index (χ2v) is 3.97. The van der Waals surface area contributed by atoms with E-state index in [1.165, 1.54) is 0 Å². The standard InChI is InChI=1S/C13H19NO2.ClH/c1-2-15-11-3-5-12(6-4-11)16-13-7-9-14-10-8-13;/h3-6,13-14H,2,7-10H2,1H3;1H. The first-order valence-corrected chi connectivity index (χ1v) is 5.98. The van der Waals surface area contributed by atoms with Crippen LogP contribution in [0.3, 0.4) is 0 Å². The van der Waals surface area contributed by atoms with E-state index in [1.807, 2.05) is 31.2 Å². The first-order chi connectivity index (χ1) is 7.88. The van der Waals surface area contributed by atoms with Crippen molar-refractivity contribution in [1.29, 1.82) is 0 Å². The minimum Gasteiger partial charge on any atom is -0.494 e. The van der Waals surface area contributed by atoms with E-state index in [1.54, 1.807) is 0 Å². The van der Waals surface area contributed by atoms with Gasteiger partial charge in [-0.3, -0.25) is 0 Å². The minimum atomic E-state index is 0. The molecule has 3 nitrogen and oxygen atoms in total. The summed E-state index contributed by atoms with van der Waals surface area (Å²) >= 11 is 0. The zero-order valence-corrected chi connectivity index (χ0v) is 11.0. The van der Waals surface area contributed by atoms with Crippen molar-refractivity contribution in [2.45, 2.75) is 25.9 Å². The van der Waals surface area contributed by atoms with E-state index < -0.39 is 0 Å². The summed E-state index contributed by atoms with van der Waals surface area (Å²) in [7, 11) is 0. The molecule has 1 N–H and O–H groups in total. The van der Waals surface area contributed by atoms with Gasteiger partial charge in [-0.15, -0.1) is 12.4 Å². The van der Waals surface area contributed by atoms with Crippen LogP contribution in [0.2, 0.25) is 0 Å². The van der Waals surface area contributed by atoms with E-state index in [-0.39, 0.29) is 12.4 Å². The third-order valence-electron chi connectivity index (χ3n) is 2.72. The summed E-state index contributed by atoms with van der Waals surface area (Å²) in [4.78, 5) is 0. The highest BCUT2D eigenvalue weighted by Crippen LogP contribution is 2.20. The molecule has 0 spiro atoms. The van der Waals surface area contributed by atoms with Gasteiger partial charge in [0.15, 0.2) is 0 Å². The smallest absolute Gasteiger partial charge is 0.119 e. The van der Waals surface area contributed by atoms with E-state index in [0.717, 1.165) is 37.4 Å². The Balaban J connectivity index is 0.00000144. The number of hydrogen-bond acceptors (Lipinski definition) is 3. The molecule has 1 aromatic rings. The third kappa shape index (κ3) is 4.44. The molecule has 1 heterocycles. The Kier molecular flexibility index (Phi) is 6.16.